The van der Waals surface area contributed by atoms with Crippen LogP contribution in [0.4, 0.5) is 4.39 Å². The van der Waals surface area contributed by atoms with Crippen LogP contribution >= 0.6 is 11.6 Å². The molecule has 0 aromatic heterocycles. The van der Waals surface area contributed by atoms with Gasteiger partial charge in [-0.1, -0.05) is 48.0 Å². The van der Waals surface area contributed by atoms with E-state index in [1.54, 1.807) is 4.90 Å². The number of hydrogen-bond acceptors (Lipinski definition) is 3. The molecule has 1 fully saturated rings. The molecule has 0 bridgehead atoms. The SMILES string of the molecule is CC(OC(=O)c1c(F)cccc1Cl)C(=O)N1CCC(Cc2ccccc2)CC1. The van der Waals surface area contributed by atoms with Crippen molar-refractivity contribution in [1.29, 1.82) is 0 Å². The van der Waals surface area contributed by atoms with Crippen molar-refractivity contribution in [3.63, 3.8) is 0 Å². The third-order valence-electron chi connectivity index (χ3n) is 5.09. The topological polar surface area (TPSA) is 46.6 Å². The van der Waals surface area contributed by atoms with Gasteiger partial charge in [0.25, 0.3) is 5.91 Å². The Bertz CT molecular complexity index is 815. The number of nitrogens with zero attached hydrogens (tertiary/aromatic N) is 1. The number of esters is 1. The van der Waals surface area contributed by atoms with E-state index < -0.39 is 17.9 Å². The molecule has 2 aromatic carbocycles. The molecule has 1 atom stereocenters. The van der Waals surface area contributed by atoms with Crippen LogP contribution < -0.4 is 0 Å². The van der Waals surface area contributed by atoms with Crippen molar-refractivity contribution in [2.24, 2.45) is 5.92 Å². The predicted molar refractivity (Wildman–Crippen MR) is 106 cm³/mol. The van der Waals surface area contributed by atoms with Gasteiger partial charge in [0.05, 0.1) is 5.02 Å². The zero-order valence-electron chi connectivity index (χ0n) is 15.7. The van der Waals surface area contributed by atoms with Gasteiger partial charge in [0.1, 0.15) is 11.4 Å². The van der Waals surface area contributed by atoms with Crippen LogP contribution in [0.3, 0.4) is 0 Å². The Kier molecular flexibility index (Phi) is 6.68. The van der Waals surface area contributed by atoms with Gasteiger partial charge in [-0.05, 0) is 49.8 Å². The molecule has 1 amide bonds. The molecule has 1 aliphatic rings. The van der Waals surface area contributed by atoms with Gasteiger partial charge >= 0.3 is 5.97 Å². The lowest BCUT2D eigenvalue weighted by molar-refractivity contribution is -0.141. The van der Waals surface area contributed by atoms with E-state index in [0.29, 0.717) is 19.0 Å². The summed E-state index contributed by atoms with van der Waals surface area (Å²) in [7, 11) is 0. The summed E-state index contributed by atoms with van der Waals surface area (Å²) in [6.45, 7) is 2.75. The number of amides is 1. The van der Waals surface area contributed by atoms with Gasteiger partial charge in [-0.3, -0.25) is 4.79 Å². The van der Waals surface area contributed by atoms with E-state index in [2.05, 4.69) is 12.1 Å². The minimum Gasteiger partial charge on any atom is -0.449 e. The van der Waals surface area contributed by atoms with Gasteiger partial charge in [0.2, 0.25) is 0 Å². The molecule has 0 aliphatic carbocycles. The van der Waals surface area contributed by atoms with Crippen molar-refractivity contribution in [3.05, 3.63) is 70.5 Å². The first kappa shape index (κ1) is 20.3. The number of carbonyl (C=O) groups excluding carboxylic acids is 2. The molecule has 2 aromatic rings. The predicted octanol–water partition coefficient (Wildman–Crippen LogP) is 4.51. The zero-order chi connectivity index (χ0) is 20.1. The van der Waals surface area contributed by atoms with Gasteiger partial charge in [0.15, 0.2) is 6.10 Å². The van der Waals surface area contributed by atoms with Crippen LogP contribution in [0.25, 0.3) is 0 Å². The molecule has 28 heavy (non-hydrogen) atoms. The van der Waals surface area contributed by atoms with Crippen LogP contribution in [-0.4, -0.2) is 36.0 Å². The van der Waals surface area contributed by atoms with E-state index in [9.17, 15) is 14.0 Å². The number of benzene rings is 2. The molecule has 4 nitrogen and oxygen atoms in total. The monoisotopic (exact) mass is 403 g/mol. The van der Waals surface area contributed by atoms with Crippen LogP contribution in [0.5, 0.6) is 0 Å². The van der Waals surface area contributed by atoms with E-state index in [-0.39, 0.29) is 16.5 Å². The van der Waals surface area contributed by atoms with Crippen LogP contribution in [0, 0.1) is 11.7 Å². The fraction of sp³-hybridized carbons (Fsp3) is 0.364. The maximum atomic E-state index is 13.8. The lowest BCUT2D eigenvalue weighted by Crippen LogP contribution is -2.44. The molecule has 148 valence electrons. The van der Waals surface area contributed by atoms with Crippen molar-refractivity contribution in [2.75, 3.05) is 13.1 Å². The van der Waals surface area contributed by atoms with Crippen LogP contribution in [-0.2, 0) is 16.0 Å². The molecular weight excluding hydrogens is 381 g/mol. The molecule has 0 saturated carbocycles. The van der Waals surface area contributed by atoms with Crippen molar-refractivity contribution < 1.29 is 18.7 Å². The first-order valence-electron chi connectivity index (χ1n) is 9.43. The molecule has 0 spiro atoms. The third kappa shape index (κ3) is 4.90. The van der Waals surface area contributed by atoms with Crippen molar-refractivity contribution >= 4 is 23.5 Å². The minimum atomic E-state index is -0.992. The molecule has 1 aliphatic heterocycles. The number of piperidine rings is 1. The Morgan fingerprint density at radius 1 is 1.14 bits per heavy atom. The Hall–Kier alpha value is -2.40. The fourth-order valence-corrected chi connectivity index (χ4v) is 3.76. The average Bonchev–Trinajstić information content (AvgIpc) is 2.68. The lowest BCUT2D eigenvalue weighted by atomic mass is 9.90. The standard InChI is InChI=1S/C22H23ClFNO3/c1-15(28-22(27)20-18(23)8-5-9-19(20)24)21(26)25-12-10-17(11-13-25)14-16-6-3-2-4-7-16/h2-9,15,17H,10-14H2,1H3. The lowest BCUT2D eigenvalue weighted by Gasteiger charge is -2.33. The number of halogens is 2. The van der Waals surface area contributed by atoms with Crippen molar-refractivity contribution in [3.8, 4) is 0 Å². The fourth-order valence-electron chi connectivity index (χ4n) is 3.52. The number of rotatable bonds is 5. The maximum Gasteiger partial charge on any atom is 0.343 e. The van der Waals surface area contributed by atoms with E-state index in [0.717, 1.165) is 25.3 Å². The molecule has 3 rings (SSSR count). The van der Waals surface area contributed by atoms with Crippen LogP contribution in [0.15, 0.2) is 48.5 Å². The van der Waals surface area contributed by atoms with E-state index in [4.69, 9.17) is 16.3 Å². The Balaban J connectivity index is 1.52. The Morgan fingerprint density at radius 3 is 2.46 bits per heavy atom. The highest BCUT2D eigenvalue weighted by Crippen LogP contribution is 2.24. The molecule has 0 radical (unpaired) electrons. The van der Waals surface area contributed by atoms with E-state index in [1.807, 2.05) is 18.2 Å². The number of likely N-dealkylation sites (tertiary alicyclic amines) is 1. The molecule has 0 N–H and O–H groups in total. The van der Waals surface area contributed by atoms with Gasteiger partial charge in [-0.25, -0.2) is 9.18 Å². The highest BCUT2D eigenvalue weighted by molar-refractivity contribution is 6.33. The first-order valence-corrected chi connectivity index (χ1v) is 9.81. The Morgan fingerprint density at radius 2 is 1.82 bits per heavy atom. The average molecular weight is 404 g/mol. The molecular formula is C22H23ClFNO3. The highest BCUT2D eigenvalue weighted by atomic mass is 35.5. The molecule has 1 unspecified atom stereocenters. The van der Waals surface area contributed by atoms with Crippen molar-refractivity contribution in [1.82, 2.24) is 4.90 Å². The summed E-state index contributed by atoms with van der Waals surface area (Å²) in [5.41, 5.74) is 0.960. The maximum absolute atomic E-state index is 13.8. The summed E-state index contributed by atoms with van der Waals surface area (Å²) in [4.78, 5) is 26.6. The summed E-state index contributed by atoms with van der Waals surface area (Å²) < 4.78 is 19.0. The van der Waals surface area contributed by atoms with E-state index in [1.165, 1.54) is 24.6 Å². The van der Waals surface area contributed by atoms with Gasteiger partial charge in [0, 0.05) is 13.1 Å². The van der Waals surface area contributed by atoms with Gasteiger partial charge < -0.3 is 9.64 Å². The molecule has 1 heterocycles. The Labute approximate surface area is 169 Å². The first-order chi connectivity index (χ1) is 13.5. The second-order valence-corrected chi connectivity index (χ2v) is 7.51. The molecule has 6 heteroatoms. The summed E-state index contributed by atoms with van der Waals surface area (Å²) >= 11 is 5.88. The number of ether oxygens (including phenoxy) is 1. The highest BCUT2D eigenvalue weighted by Gasteiger charge is 2.29. The van der Waals surface area contributed by atoms with Crippen LogP contribution in [0.2, 0.25) is 5.02 Å². The van der Waals surface area contributed by atoms with Crippen molar-refractivity contribution in [2.45, 2.75) is 32.3 Å². The van der Waals surface area contributed by atoms with Gasteiger partial charge in [-0.2, -0.15) is 0 Å². The third-order valence-corrected chi connectivity index (χ3v) is 5.41. The zero-order valence-corrected chi connectivity index (χ0v) is 16.5. The largest absolute Gasteiger partial charge is 0.449 e. The quantitative estimate of drug-likeness (QED) is 0.690. The summed E-state index contributed by atoms with van der Waals surface area (Å²) in [6.07, 6.45) is 1.81. The number of carbonyl (C=O) groups is 2. The van der Waals surface area contributed by atoms with Gasteiger partial charge in [-0.15, -0.1) is 0 Å². The smallest absolute Gasteiger partial charge is 0.343 e. The number of hydrogen-bond donors (Lipinski definition) is 0. The second-order valence-electron chi connectivity index (χ2n) is 7.10. The summed E-state index contributed by atoms with van der Waals surface area (Å²) in [5.74, 6) is -1.43. The summed E-state index contributed by atoms with van der Waals surface area (Å²) in [5, 5.41) is -0.0358. The normalized spacial score (nSPS) is 15.9. The second kappa shape index (κ2) is 9.20. The van der Waals surface area contributed by atoms with Crippen LogP contribution in [0.1, 0.15) is 35.7 Å². The summed E-state index contributed by atoms with van der Waals surface area (Å²) in [6, 6.07) is 14.2. The van der Waals surface area contributed by atoms with E-state index >= 15 is 0 Å². The minimum absolute atomic E-state index is 0.0358. The molecule has 1 saturated heterocycles.